The van der Waals surface area contributed by atoms with Crippen molar-refractivity contribution in [2.24, 2.45) is 0 Å². The molecule has 3 aromatic rings. The number of amides is 1. The minimum absolute atomic E-state index is 0.0832. The molecule has 0 aromatic heterocycles. The van der Waals surface area contributed by atoms with Gasteiger partial charge in [-0.15, -0.1) is 0 Å². The summed E-state index contributed by atoms with van der Waals surface area (Å²) in [5.41, 5.74) is -0.201. The largest absolute Gasteiger partial charge is 0.494 e. The van der Waals surface area contributed by atoms with Crippen molar-refractivity contribution in [2.75, 3.05) is 22.8 Å². The number of anilines is 2. The molecule has 3 rings (SSSR count). The molecule has 3 aromatic carbocycles. The van der Waals surface area contributed by atoms with Crippen LogP contribution >= 0.6 is 11.6 Å². The van der Waals surface area contributed by atoms with Crippen molar-refractivity contribution in [2.45, 2.75) is 24.9 Å². The number of rotatable bonds is 8. The number of benzene rings is 3. The van der Waals surface area contributed by atoms with Crippen LogP contribution in [-0.2, 0) is 21.0 Å². The highest BCUT2D eigenvalue weighted by Gasteiger charge is 2.34. The Kier molecular flexibility index (Phi) is 7.97. The number of sulfonamides is 1. The number of hydrogen-bond acceptors (Lipinski definition) is 4. The Morgan fingerprint density at radius 2 is 1.66 bits per heavy atom. The van der Waals surface area contributed by atoms with Crippen LogP contribution in [0.5, 0.6) is 5.75 Å². The smallest absolute Gasteiger partial charge is 0.417 e. The van der Waals surface area contributed by atoms with E-state index in [9.17, 15) is 26.4 Å². The second kappa shape index (κ2) is 10.6. The van der Waals surface area contributed by atoms with Crippen molar-refractivity contribution >= 4 is 38.9 Å². The predicted molar refractivity (Wildman–Crippen MR) is 128 cm³/mol. The third-order valence-electron chi connectivity index (χ3n) is 4.89. The molecule has 0 radical (unpaired) electrons. The summed E-state index contributed by atoms with van der Waals surface area (Å²) in [5, 5.41) is 1.80. The van der Waals surface area contributed by atoms with Crippen LogP contribution in [0.15, 0.2) is 71.6 Å². The lowest BCUT2D eigenvalue weighted by Gasteiger charge is -2.24. The van der Waals surface area contributed by atoms with Crippen LogP contribution in [0.4, 0.5) is 24.5 Å². The van der Waals surface area contributed by atoms with E-state index in [1.165, 1.54) is 30.3 Å². The van der Waals surface area contributed by atoms with E-state index in [-0.39, 0.29) is 16.3 Å². The number of nitrogens with zero attached hydrogens (tertiary/aromatic N) is 1. The second-order valence-electron chi connectivity index (χ2n) is 7.49. The maximum absolute atomic E-state index is 13.4. The van der Waals surface area contributed by atoms with Gasteiger partial charge in [0.2, 0.25) is 5.91 Å². The molecule has 0 bridgehead atoms. The van der Waals surface area contributed by atoms with Crippen LogP contribution in [0.1, 0.15) is 18.1 Å². The predicted octanol–water partition coefficient (Wildman–Crippen LogP) is 5.90. The maximum Gasteiger partial charge on any atom is 0.417 e. The Morgan fingerprint density at radius 3 is 2.23 bits per heavy atom. The lowest BCUT2D eigenvalue weighted by molar-refractivity contribution is -0.137. The molecule has 1 amide bonds. The second-order valence-corrected chi connectivity index (χ2v) is 9.76. The summed E-state index contributed by atoms with van der Waals surface area (Å²) in [6, 6.07) is 15.1. The first-order valence-corrected chi connectivity index (χ1v) is 12.2. The molecule has 35 heavy (non-hydrogen) atoms. The van der Waals surface area contributed by atoms with Crippen LogP contribution < -0.4 is 14.4 Å². The molecule has 0 unspecified atom stereocenters. The van der Waals surface area contributed by atoms with Crippen molar-refractivity contribution in [3.8, 4) is 5.75 Å². The molecule has 0 saturated heterocycles. The fraction of sp³-hybridized carbons (Fsp3) is 0.208. The standard InChI is InChI=1S/C24H22ClF3N2O4S/c1-3-34-19-9-11-20(12-10-19)35(32,33)30(18-7-4-16(2)5-8-18)15-23(31)29-17-6-13-22(25)21(14-17)24(26,27)28/h4-14H,3,15H2,1-2H3,(H,29,31). The highest BCUT2D eigenvalue weighted by molar-refractivity contribution is 7.92. The van der Waals surface area contributed by atoms with Crippen molar-refractivity contribution in [1.29, 1.82) is 0 Å². The number of aryl methyl sites for hydroxylation is 1. The average Bonchev–Trinajstić information content (AvgIpc) is 2.79. The van der Waals surface area contributed by atoms with Gasteiger partial charge in [0, 0.05) is 5.69 Å². The molecule has 0 aliphatic heterocycles. The van der Waals surface area contributed by atoms with Gasteiger partial charge in [-0.3, -0.25) is 9.10 Å². The molecule has 1 N–H and O–H groups in total. The summed E-state index contributed by atoms with van der Waals surface area (Å²) in [6.07, 6.45) is -4.72. The lowest BCUT2D eigenvalue weighted by Crippen LogP contribution is -2.38. The monoisotopic (exact) mass is 526 g/mol. The number of ether oxygens (including phenoxy) is 1. The molecule has 0 atom stereocenters. The fourth-order valence-corrected chi connectivity index (χ4v) is 4.82. The molecule has 0 saturated carbocycles. The number of halogens is 4. The van der Waals surface area contributed by atoms with E-state index in [2.05, 4.69) is 5.32 Å². The van der Waals surface area contributed by atoms with Crippen molar-refractivity contribution < 1.29 is 31.1 Å². The van der Waals surface area contributed by atoms with Crippen LogP contribution in [0.3, 0.4) is 0 Å². The summed E-state index contributed by atoms with van der Waals surface area (Å²) >= 11 is 5.62. The molecule has 11 heteroatoms. The van der Waals surface area contributed by atoms with Gasteiger partial charge in [-0.1, -0.05) is 29.3 Å². The number of alkyl halides is 3. The highest BCUT2D eigenvalue weighted by atomic mass is 35.5. The van der Waals surface area contributed by atoms with Gasteiger partial charge in [-0.2, -0.15) is 13.2 Å². The normalized spacial score (nSPS) is 11.7. The summed E-state index contributed by atoms with van der Waals surface area (Å²) in [6.45, 7) is 3.34. The van der Waals surface area contributed by atoms with Crippen molar-refractivity contribution in [3.05, 3.63) is 82.9 Å². The van der Waals surface area contributed by atoms with E-state index in [4.69, 9.17) is 16.3 Å². The molecule has 0 aliphatic rings. The van der Waals surface area contributed by atoms with E-state index >= 15 is 0 Å². The lowest BCUT2D eigenvalue weighted by atomic mass is 10.2. The van der Waals surface area contributed by atoms with E-state index in [0.717, 1.165) is 15.9 Å². The Hall–Kier alpha value is -3.24. The molecule has 0 aliphatic carbocycles. The molecular weight excluding hydrogens is 505 g/mol. The first-order valence-electron chi connectivity index (χ1n) is 10.4. The average molecular weight is 527 g/mol. The Labute approximate surface area is 206 Å². The van der Waals surface area contributed by atoms with Gasteiger partial charge in [-0.25, -0.2) is 8.42 Å². The zero-order chi connectivity index (χ0) is 25.8. The van der Waals surface area contributed by atoms with Gasteiger partial charge in [0.15, 0.2) is 0 Å². The Balaban J connectivity index is 1.92. The third kappa shape index (κ3) is 6.46. The van der Waals surface area contributed by atoms with Gasteiger partial charge in [0.1, 0.15) is 12.3 Å². The minimum atomic E-state index is -4.72. The van der Waals surface area contributed by atoms with Crippen molar-refractivity contribution in [1.82, 2.24) is 0 Å². The van der Waals surface area contributed by atoms with E-state index in [0.29, 0.717) is 18.4 Å². The Bertz CT molecular complexity index is 1300. The summed E-state index contributed by atoms with van der Waals surface area (Å²) in [7, 11) is -4.21. The first kappa shape index (κ1) is 26.4. The summed E-state index contributed by atoms with van der Waals surface area (Å²) in [4.78, 5) is 12.7. The maximum atomic E-state index is 13.4. The summed E-state index contributed by atoms with van der Waals surface area (Å²) in [5.74, 6) is -0.357. The van der Waals surface area contributed by atoms with Crippen LogP contribution in [0.2, 0.25) is 5.02 Å². The number of nitrogens with one attached hydrogen (secondary N) is 1. The van der Waals surface area contributed by atoms with Gasteiger partial charge in [0.05, 0.1) is 27.8 Å². The van der Waals surface area contributed by atoms with Crippen LogP contribution in [-0.4, -0.2) is 27.5 Å². The van der Waals surface area contributed by atoms with Gasteiger partial charge in [-0.05, 0) is 68.4 Å². The highest BCUT2D eigenvalue weighted by Crippen LogP contribution is 2.36. The van der Waals surface area contributed by atoms with E-state index < -0.39 is 39.2 Å². The Morgan fingerprint density at radius 1 is 1.03 bits per heavy atom. The SMILES string of the molecule is CCOc1ccc(S(=O)(=O)N(CC(=O)Nc2ccc(Cl)c(C(F)(F)F)c2)c2ccc(C)cc2)cc1. The van der Waals surface area contributed by atoms with Crippen molar-refractivity contribution in [3.63, 3.8) is 0 Å². The molecule has 0 heterocycles. The summed E-state index contributed by atoms with van der Waals surface area (Å²) < 4.78 is 72.6. The molecule has 0 spiro atoms. The molecule has 0 fully saturated rings. The molecular formula is C24H22ClF3N2O4S. The van der Waals surface area contributed by atoms with E-state index in [1.807, 2.05) is 6.92 Å². The molecule has 186 valence electrons. The minimum Gasteiger partial charge on any atom is -0.494 e. The fourth-order valence-electron chi connectivity index (χ4n) is 3.18. The van der Waals surface area contributed by atoms with Crippen LogP contribution in [0, 0.1) is 6.92 Å². The first-order chi connectivity index (χ1) is 16.4. The quantitative estimate of drug-likeness (QED) is 0.396. The number of hydrogen-bond donors (Lipinski definition) is 1. The zero-order valence-corrected chi connectivity index (χ0v) is 20.3. The number of carbonyl (C=O) groups excluding carboxylic acids is 1. The van der Waals surface area contributed by atoms with Crippen LogP contribution in [0.25, 0.3) is 0 Å². The van der Waals surface area contributed by atoms with Gasteiger partial charge in [0.25, 0.3) is 10.0 Å². The van der Waals surface area contributed by atoms with Gasteiger partial charge >= 0.3 is 6.18 Å². The zero-order valence-electron chi connectivity index (χ0n) is 18.8. The topological polar surface area (TPSA) is 75.7 Å². The molecule has 6 nitrogen and oxygen atoms in total. The number of carbonyl (C=O) groups is 1. The van der Waals surface area contributed by atoms with Gasteiger partial charge < -0.3 is 10.1 Å². The third-order valence-corrected chi connectivity index (χ3v) is 7.01. The van der Waals surface area contributed by atoms with E-state index in [1.54, 1.807) is 31.2 Å².